The Morgan fingerprint density at radius 2 is 2.30 bits per heavy atom. The Morgan fingerprint density at radius 3 is 2.60 bits per heavy atom. The van der Waals surface area contributed by atoms with Gasteiger partial charge < -0.3 is 4.29 Å². The summed E-state index contributed by atoms with van der Waals surface area (Å²) >= 11 is 10.1. The van der Waals surface area contributed by atoms with Gasteiger partial charge in [-0.2, -0.15) is 0 Å². The van der Waals surface area contributed by atoms with Crippen molar-refractivity contribution in [1.82, 2.24) is 0 Å². The van der Waals surface area contributed by atoms with E-state index >= 15 is 0 Å². The van der Waals surface area contributed by atoms with Crippen molar-refractivity contribution in [2.45, 2.75) is 11.8 Å². The van der Waals surface area contributed by atoms with Crippen molar-refractivity contribution in [2.75, 3.05) is 0 Å². The third-order valence-electron chi connectivity index (χ3n) is 0.705. The summed E-state index contributed by atoms with van der Waals surface area (Å²) in [6, 6.07) is 0. The van der Waals surface area contributed by atoms with Gasteiger partial charge in [0.05, 0.1) is 0 Å². The minimum absolute atomic E-state index is 0. The first-order valence-corrected chi connectivity index (χ1v) is 3.04. The Morgan fingerprint density at radius 1 is 1.80 bits per heavy atom. The SMILES string of the molecule is C=CCC(Cl)C(=O)OCl.[SnH4]. The van der Waals surface area contributed by atoms with Gasteiger partial charge in [0, 0.05) is 0 Å². The molecule has 0 bridgehead atoms. The Balaban J connectivity index is 0. The second kappa shape index (κ2) is 7.69. The van der Waals surface area contributed by atoms with E-state index in [2.05, 4.69) is 10.9 Å². The van der Waals surface area contributed by atoms with Gasteiger partial charge in [0.1, 0.15) is 17.2 Å². The molecule has 2 nitrogen and oxygen atoms in total. The maximum absolute atomic E-state index is 10.4. The molecule has 0 heterocycles. The standard InChI is InChI=1S/C5H6Cl2O2.Sn.4H/c1-2-3-4(6)5(8)9-7;;;;;/h2,4H,1,3H2;;;;;. The zero-order valence-corrected chi connectivity index (χ0v) is 6.15. The van der Waals surface area contributed by atoms with E-state index in [1.807, 2.05) is 0 Å². The number of halogens is 2. The number of allylic oxidation sites excluding steroid dienone is 1. The quantitative estimate of drug-likeness (QED) is 0.428. The van der Waals surface area contributed by atoms with Crippen LogP contribution in [0.15, 0.2) is 12.7 Å². The normalized spacial score (nSPS) is 11.0. The van der Waals surface area contributed by atoms with Crippen molar-refractivity contribution in [3.63, 3.8) is 0 Å². The number of rotatable bonds is 3. The second-order valence-corrected chi connectivity index (χ2v) is 2.07. The average Bonchev–Trinajstić information content (AvgIpc) is 1.87. The summed E-state index contributed by atoms with van der Waals surface area (Å²) in [5, 5.41) is -0.708. The summed E-state index contributed by atoms with van der Waals surface area (Å²) in [5.74, 6) is -0.641. The molecule has 0 radical (unpaired) electrons. The molecule has 0 saturated heterocycles. The fourth-order valence-corrected chi connectivity index (χ4v) is 0.615. The molecule has 0 aliphatic rings. The van der Waals surface area contributed by atoms with Crippen LogP contribution in [0.4, 0.5) is 0 Å². The van der Waals surface area contributed by atoms with E-state index in [1.54, 1.807) is 0 Å². The molecule has 0 aliphatic heterocycles. The van der Waals surface area contributed by atoms with Crippen LogP contribution in [-0.2, 0) is 9.08 Å². The maximum atomic E-state index is 10.4. The number of hydrogen-bond donors (Lipinski definition) is 0. The summed E-state index contributed by atoms with van der Waals surface area (Å²) in [6.07, 6.45) is 1.89. The molecule has 1 unspecified atom stereocenters. The first kappa shape index (κ1) is 13.2. The van der Waals surface area contributed by atoms with Gasteiger partial charge in [-0.1, -0.05) is 6.08 Å². The average molecular weight is 292 g/mol. The van der Waals surface area contributed by atoms with Gasteiger partial charge in [0.25, 0.3) is 0 Å². The van der Waals surface area contributed by atoms with Crippen LogP contribution in [0.5, 0.6) is 0 Å². The molecule has 0 spiro atoms. The van der Waals surface area contributed by atoms with Crippen LogP contribution in [-0.4, -0.2) is 35.3 Å². The first-order valence-electron chi connectivity index (χ1n) is 2.29. The molecule has 0 aromatic heterocycles. The second-order valence-electron chi connectivity index (χ2n) is 1.39. The molecular formula is C5H10Cl2O2Sn. The van der Waals surface area contributed by atoms with E-state index in [-0.39, 0.29) is 23.9 Å². The van der Waals surface area contributed by atoms with Gasteiger partial charge in [-0.25, -0.2) is 4.79 Å². The summed E-state index contributed by atoms with van der Waals surface area (Å²) in [4.78, 5) is 10.4. The van der Waals surface area contributed by atoms with Gasteiger partial charge in [0.15, 0.2) is 0 Å². The summed E-state index contributed by atoms with van der Waals surface area (Å²) in [5.41, 5.74) is 0. The monoisotopic (exact) mass is 292 g/mol. The van der Waals surface area contributed by atoms with Crippen molar-refractivity contribution in [2.24, 2.45) is 0 Å². The molecule has 0 aliphatic carbocycles. The van der Waals surface area contributed by atoms with Crippen LogP contribution in [0, 0.1) is 0 Å². The first-order chi connectivity index (χ1) is 4.22. The van der Waals surface area contributed by atoms with Crippen LogP contribution in [0.1, 0.15) is 6.42 Å². The van der Waals surface area contributed by atoms with Crippen LogP contribution < -0.4 is 0 Å². The topological polar surface area (TPSA) is 26.3 Å². The van der Waals surface area contributed by atoms with Crippen molar-refractivity contribution < 1.29 is 9.08 Å². The Bertz CT molecular complexity index is 118. The van der Waals surface area contributed by atoms with Crippen molar-refractivity contribution in [3.05, 3.63) is 12.7 Å². The van der Waals surface area contributed by atoms with Crippen molar-refractivity contribution in [3.8, 4) is 0 Å². The summed E-state index contributed by atoms with van der Waals surface area (Å²) < 4.78 is 3.82. The molecule has 0 N–H and O–H groups in total. The Labute approximate surface area is 86.6 Å². The van der Waals surface area contributed by atoms with Crippen LogP contribution in [0.3, 0.4) is 0 Å². The molecule has 1 atom stereocenters. The van der Waals surface area contributed by atoms with E-state index in [0.29, 0.717) is 6.42 Å². The third kappa shape index (κ3) is 5.38. The van der Waals surface area contributed by atoms with E-state index in [0.717, 1.165) is 0 Å². The number of carbonyl (C=O) groups is 1. The van der Waals surface area contributed by atoms with Crippen LogP contribution >= 0.6 is 23.5 Å². The van der Waals surface area contributed by atoms with Gasteiger partial charge in [-0.3, -0.25) is 0 Å². The number of alkyl halides is 1. The Hall–Kier alpha value is 0.589. The molecule has 0 amide bonds. The molecule has 0 aromatic rings. The van der Waals surface area contributed by atoms with Gasteiger partial charge in [0.2, 0.25) is 0 Å². The zero-order chi connectivity index (χ0) is 7.28. The van der Waals surface area contributed by atoms with E-state index in [1.165, 1.54) is 6.08 Å². The minimum atomic E-state index is -0.708. The van der Waals surface area contributed by atoms with Crippen molar-refractivity contribution >= 4 is 53.3 Å². The predicted octanol–water partition coefficient (Wildman–Crippen LogP) is 0.415. The van der Waals surface area contributed by atoms with Gasteiger partial charge in [-0.15, -0.1) is 18.2 Å². The van der Waals surface area contributed by atoms with Crippen LogP contribution in [0.25, 0.3) is 0 Å². The molecule has 10 heavy (non-hydrogen) atoms. The summed E-state index contributed by atoms with van der Waals surface area (Å²) in [6.45, 7) is 3.38. The fourth-order valence-electron chi connectivity index (χ4n) is 0.291. The Kier molecular flexibility index (Phi) is 10.2. The molecule has 0 fully saturated rings. The zero-order valence-electron chi connectivity index (χ0n) is 4.64. The molecule has 0 rings (SSSR count). The van der Waals surface area contributed by atoms with Crippen molar-refractivity contribution in [1.29, 1.82) is 0 Å². The molecule has 60 valence electrons. The van der Waals surface area contributed by atoms with Gasteiger partial charge >= 0.3 is 29.9 Å². The van der Waals surface area contributed by atoms with E-state index in [4.69, 9.17) is 23.5 Å². The number of hydrogen-bond acceptors (Lipinski definition) is 2. The van der Waals surface area contributed by atoms with E-state index in [9.17, 15) is 4.79 Å². The molecule has 0 saturated carbocycles. The van der Waals surface area contributed by atoms with Crippen LogP contribution in [0.2, 0.25) is 0 Å². The fraction of sp³-hybridized carbons (Fsp3) is 0.400. The third-order valence-corrected chi connectivity index (χ3v) is 1.21. The molecule has 0 aromatic carbocycles. The molecular weight excluding hydrogens is 282 g/mol. The van der Waals surface area contributed by atoms with E-state index < -0.39 is 11.3 Å². The summed E-state index contributed by atoms with van der Waals surface area (Å²) in [7, 11) is 0. The number of carbonyl (C=O) groups excluding carboxylic acids is 1. The van der Waals surface area contributed by atoms with Gasteiger partial charge in [-0.05, 0) is 6.42 Å². The molecule has 5 heteroatoms. The predicted molar refractivity (Wildman–Crippen MR) is 47.7 cm³/mol.